The molecule has 4 rings (SSSR count). The van der Waals surface area contributed by atoms with Gasteiger partial charge in [-0.05, 0) is 51.0 Å². The summed E-state index contributed by atoms with van der Waals surface area (Å²) in [5.74, 6) is -1.39. The van der Waals surface area contributed by atoms with Crippen molar-refractivity contribution >= 4 is 0 Å². The van der Waals surface area contributed by atoms with Gasteiger partial charge in [-0.15, -0.1) is 0 Å². The van der Waals surface area contributed by atoms with E-state index in [0.717, 1.165) is 12.3 Å². The molecular formula is C15H28F2N2. The Morgan fingerprint density at radius 1 is 1.00 bits per heavy atom. The van der Waals surface area contributed by atoms with Gasteiger partial charge in [0.1, 0.15) is 0 Å². The van der Waals surface area contributed by atoms with Crippen molar-refractivity contribution in [3.63, 3.8) is 0 Å². The van der Waals surface area contributed by atoms with E-state index in [1.807, 2.05) is 13.8 Å². The number of hydrogen-bond donors (Lipinski definition) is 2. The van der Waals surface area contributed by atoms with Gasteiger partial charge >= 0.3 is 0 Å². The van der Waals surface area contributed by atoms with E-state index < -0.39 is 11.5 Å². The number of rotatable bonds is 0. The third-order valence-electron chi connectivity index (χ3n) is 5.14. The largest absolute Gasteiger partial charge is 0.311 e. The number of alkyl halides is 2. The van der Waals surface area contributed by atoms with E-state index in [1.165, 1.54) is 25.8 Å². The van der Waals surface area contributed by atoms with E-state index in [-0.39, 0.29) is 6.54 Å². The minimum absolute atomic E-state index is 0.104. The molecule has 0 bridgehead atoms. The predicted molar refractivity (Wildman–Crippen MR) is 74.6 cm³/mol. The van der Waals surface area contributed by atoms with Gasteiger partial charge in [-0.1, -0.05) is 20.8 Å². The molecule has 2 spiro atoms. The van der Waals surface area contributed by atoms with Crippen molar-refractivity contribution in [1.29, 1.82) is 0 Å². The van der Waals surface area contributed by atoms with Crippen LogP contribution in [0.4, 0.5) is 8.78 Å². The number of hydrogen-bond acceptors (Lipinski definition) is 2. The van der Waals surface area contributed by atoms with E-state index in [2.05, 4.69) is 17.6 Å². The average Bonchev–Trinajstić information content (AvgIpc) is 2.22. The van der Waals surface area contributed by atoms with Crippen LogP contribution >= 0.6 is 0 Å². The third-order valence-corrected chi connectivity index (χ3v) is 5.14. The summed E-state index contributed by atoms with van der Waals surface area (Å²) in [7, 11) is 0. The number of halogens is 2. The van der Waals surface area contributed by atoms with Gasteiger partial charge in [0.15, 0.2) is 0 Å². The molecule has 19 heavy (non-hydrogen) atoms. The second kappa shape index (κ2) is 5.28. The fraction of sp³-hybridized carbons (Fsp3) is 1.00. The van der Waals surface area contributed by atoms with Crippen molar-refractivity contribution in [2.24, 2.45) is 5.92 Å². The highest BCUT2D eigenvalue weighted by Gasteiger charge is 2.64. The lowest BCUT2D eigenvalue weighted by atomic mass is 9.64. The molecule has 4 heteroatoms. The van der Waals surface area contributed by atoms with Crippen LogP contribution in [0.2, 0.25) is 0 Å². The molecule has 4 fully saturated rings. The fourth-order valence-electron chi connectivity index (χ4n) is 3.65. The van der Waals surface area contributed by atoms with E-state index in [4.69, 9.17) is 0 Å². The van der Waals surface area contributed by atoms with E-state index in [1.54, 1.807) is 0 Å². The third kappa shape index (κ3) is 2.54. The van der Waals surface area contributed by atoms with Gasteiger partial charge in [-0.25, -0.2) is 8.78 Å². The molecule has 2 heterocycles. The molecule has 0 amide bonds. The summed E-state index contributed by atoms with van der Waals surface area (Å²) >= 11 is 0. The molecule has 2 saturated carbocycles. The summed E-state index contributed by atoms with van der Waals surface area (Å²) in [4.78, 5) is 0. The molecule has 112 valence electrons. The zero-order valence-electron chi connectivity index (χ0n) is 12.5. The maximum atomic E-state index is 12.6. The van der Waals surface area contributed by atoms with Gasteiger partial charge < -0.3 is 10.6 Å². The molecule has 4 aliphatic rings. The highest BCUT2D eigenvalue weighted by molar-refractivity contribution is 5.14. The fourth-order valence-corrected chi connectivity index (χ4v) is 3.65. The van der Waals surface area contributed by atoms with Crippen molar-refractivity contribution in [2.45, 2.75) is 76.3 Å². The van der Waals surface area contributed by atoms with Gasteiger partial charge in [0, 0.05) is 5.54 Å². The molecule has 0 aromatic heterocycles. The van der Waals surface area contributed by atoms with Gasteiger partial charge in [-0.2, -0.15) is 0 Å². The first-order valence-corrected chi connectivity index (χ1v) is 7.85. The predicted octanol–water partition coefficient (Wildman–Crippen LogP) is 3.32. The van der Waals surface area contributed by atoms with Gasteiger partial charge in [0.25, 0.3) is 5.92 Å². The minimum atomic E-state index is -2.40. The molecule has 2 saturated heterocycles. The Balaban J connectivity index is 0.000000125. The zero-order valence-corrected chi connectivity index (χ0v) is 12.5. The maximum Gasteiger partial charge on any atom is 0.278 e. The topological polar surface area (TPSA) is 24.1 Å². The Kier molecular flexibility index (Phi) is 4.22. The molecule has 0 aromatic rings. The normalized spacial score (nSPS) is 39.3. The standard InChI is InChI=1S/C7H13N.C6H9F2N.C2H6/c1-6-4-7(5-6)2-3-8-7;7-6(8)4-9-5(6)2-1-3-5;1-2/h6,8H,2-5H2,1H3;9H,1-4H2;1-2H3. The van der Waals surface area contributed by atoms with E-state index in [0.29, 0.717) is 18.4 Å². The molecule has 2 N–H and O–H groups in total. The van der Waals surface area contributed by atoms with Crippen molar-refractivity contribution in [3.8, 4) is 0 Å². The quantitative estimate of drug-likeness (QED) is 0.708. The summed E-state index contributed by atoms with van der Waals surface area (Å²) in [6, 6.07) is 0. The molecule has 0 unspecified atom stereocenters. The Hall–Kier alpha value is -0.220. The second-order valence-corrected chi connectivity index (χ2v) is 6.46. The molecule has 0 radical (unpaired) electrons. The molecule has 0 aromatic carbocycles. The monoisotopic (exact) mass is 274 g/mol. The van der Waals surface area contributed by atoms with Crippen molar-refractivity contribution in [1.82, 2.24) is 10.6 Å². The first kappa shape index (κ1) is 15.2. The highest BCUT2D eigenvalue weighted by atomic mass is 19.3. The summed E-state index contributed by atoms with van der Waals surface area (Å²) < 4.78 is 25.2. The lowest BCUT2D eigenvalue weighted by Gasteiger charge is -2.55. The summed E-state index contributed by atoms with van der Waals surface area (Å²) in [5.41, 5.74) is -0.0770. The Bertz CT molecular complexity index is 296. The summed E-state index contributed by atoms with van der Waals surface area (Å²) in [5, 5.41) is 6.29. The molecule has 0 atom stereocenters. The Morgan fingerprint density at radius 2 is 1.58 bits per heavy atom. The second-order valence-electron chi connectivity index (χ2n) is 6.46. The molecule has 2 aliphatic heterocycles. The first-order chi connectivity index (χ1) is 8.97. The first-order valence-electron chi connectivity index (χ1n) is 7.85. The maximum absolute atomic E-state index is 12.6. The zero-order chi connectivity index (χ0) is 14.1. The van der Waals surface area contributed by atoms with Crippen molar-refractivity contribution < 1.29 is 8.78 Å². The van der Waals surface area contributed by atoms with Crippen LogP contribution in [-0.4, -0.2) is 30.1 Å². The number of nitrogens with one attached hydrogen (secondary N) is 2. The average molecular weight is 274 g/mol. The summed E-state index contributed by atoms with van der Waals surface area (Å²) in [6.45, 7) is 7.50. The molecular weight excluding hydrogens is 246 g/mol. The Labute approximate surface area is 115 Å². The Morgan fingerprint density at radius 3 is 1.63 bits per heavy atom. The van der Waals surface area contributed by atoms with Gasteiger partial charge in [0.2, 0.25) is 0 Å². The van der Waals surface area contributed by atoms with Gasteiger partial charge in [0.05, 0.1) is 12.1 Å². The minimum Gasteiger partial charge on any atom is -0.311 e. The van der Waals surface area contributed by atoms with Crippen LogP contribution in [0.3, 0.4) is 0 Å². The van der Waals surface area contributed by atoms with Crippen LogP contribution in [0.1, 0.15) is 59.3 Å². The highest BCUT2D eigenvalue weighted by Crippen LogP contribution is 2.49. The van der Waals surface area contributed by atoms with Crippen LogP contribution in [0, 0.1) is 5.92 Å². The smallest absolute Gasteiger partial charge is 0.278 e. The van der Waals surface area contributed by atoms with E-state index in [9.17, 15) is 8.78 Å². The van der Waals surface area contributed by atoms with Crippen LogP contribution in [0.5, 0.6) is 0 Å². The van der Waals surface area contributed by atoms with E-state index >= 15 is 0 Å². The molecule has 2 aliphatic carbocycles. The summed E-state index contributed by atoms with van der Waals surface area (Å²) in [6.07, 6.45) is 6.61. The molecule has 2 nitrogen and oxygen atoms in total. The lowest BCUT2D eigenvalue weighted by molar-refractivity contribution is -0.186. The van der Waals surface area contributed by atoms with Crippen molar-refractivity contribution in [3.05, 3.63) is 0 Å². The van der Waals surface area contributed by atoms with Crippen LogP contribution in [-0.2, 0) is 0 Å². The SMILES string of the molecule is CC.CC1CC2(CCN2)C1.FC1(F)CNC12CCC2. The van der Waals surface area contributed by atoms with Crippen LogP contribution < -0.4 is 10.6 Å². The van der Waals surface area contributed by atoms with Gasteiger partial charge in [-0.3, -0.25) is 0 Å². The van der Waals surface area contributed by atoms with Crippen molar-refractivity contribution in [2.75, 3.05) is 13.1 Å². The van der Waals surface area contributed by atoms with Crippen LogP contribution in [0.15, 0.2) is 0 Å². The lowest BCUT2D eigenvalue weighted by Crippen LogP contribution is -2.76. The van der Waals surface area contributed by atoms with Crippen LogP contribution in [0.25, 0.3) is 0 Å².